The van der Waals surface area contributed by atoms with Crippen molar-refractivity contribution in [3.63, 3.8) is 0 Å². The molecule has 1 fully saturated rings. The van der Waals surface area contributed by atoms with E-state index >= 15 is 0 Å². The van der Waals surface area contributed by atoms with E-state index in [1.54, 1.807) is 0 Å². The van der Waals surface area contributed by atoms with E-state index in [9.17, 15) is 15.3 Å². The molecule has 0 aromatic rings. The van der Waals surface area contributed by atoms with Crippen LogP contribution in [-0.2, 0) is 18.9 Å². The van der Waals surface area contributed by atoms with E-state index in [0.29, 0.717) is 19.8 Å². The second kappa shape index (κ2) is 10.6. The van der Waals surface area contributed by atoms with E-state index in [-0.39, 0.29) is 18.6 Å². The Kier molecular flexibility index (Phi) is 9.61. The van der Waals surface area contributed by atoms with Gasteiger partial charge in [0.15, 0.2) is 6.29 Å². The molecule has 5 atom stereocenters. The fourth-order valence-corrected chi connectivity index (χ4v) is 2.13. The van der Waals surface area contributed by atoms with Gasteiger partial charge in [0.2, 0.25) is 0 Å². The monoisotopic (exact) mass is 352 g/mol. The van der Waals surface area contributed by atoms with Gasteiger partial charge in [-0.15, -0.1) is 0 Å². The molecule has 0 bridgehead atoms. The van der Waals surface area contributed by atoms with E-state index in [1.165, 1.54) is 0 Å². The quantitative estimate of drug-likeness (QED) is 0.380. The molecule has 1 saturated heterocycles. The molecule has 0 saturated carbocycles. The van der Waals surface area contributed by atoms with Crippen LogP contribution in [0.15, 0.2) is 0 Å². The number of rotatable bonds is 10. The Balaban J connectivity index is 2.08. The van der Waals surface area contributed by atoms with E-state index in [0.717, 1.165) is 6.42 Å². The van der Waals surface area contributed by atoms with Crippen molar-refractivity contribution in [3.8, 4) is 0 Å². The van der Waals surface area contributed by atoms with Gasteiger partial charge in [0.25, 0.3) is 0 Å². The fraction of sp³-hybridized carbons (Fsp3) is 1.00. The zero-order chi connectivity index (χ0) is 18.2. The number of ether oxygens (including phenoxy) is 4. The van der Waals surface area contributed by atoms with Crippen LogP contribution in [0.25, 0.3) is 0 Å². The molecule has 8 nitrogen and oxygen atoms in total. The maximum absolute atomic E-state index is 9.78. The van der Waals surface area contributed by atoms with Crippen LogP contribution in [0.5, 0.6) is 0 Å². The highest BCUT2D eigenvalue weighted by atomic mass is 16.7. The molecule has 0 radical (unpaired) electrons. The second-order valence-electron chi connectivity index (χ2n) is 7.10. The summed E-state index contributed by atoms with van der Waals surface area (Å²) in [5.41, 5.74) is 0.250. The van der Waals surface area contributed by atoms with Gasteiger partial charge in [-0.3, -0.25) is 0 Å². The molecule has 4 N–H and O–H groups in total. The van der Waals surface area contributed by atoms with E-state index in [2.05, 4.69) is 20.8 Å². The minimum absolute atomic E-state index is 0.144. The van der Waals surface area contributed by atoms with Gasteiger partial charge >= 0.3 is 0 Å². The van der Waals surface area contributed by atoms with E-state index in [1.807, 2.05) is 0 Å². The summed E-state index contributed by atoms with van der Waals surface area (Å²) in [5.74, 6) is 0. The predicted molar refractivity (Wildman–Crippen MR) is 85.4 cm³/mol. The minimum atomic E-state index is -1.43. The molecule has 24 heavy (non-hydrogen) atoms. The van der Waals surface area contributed by atoms with Gasteiger partial charge in [0.05, 0.1) is 33.0 Å². The summed E-state index contributed by atoms with van der Waals surface area (Å²) in [4.78, 5) is 0. The molecule has 0 spiro atoms. The lowest BCUT2D eigenvalue weighted by Gasteiger charge is -2.39. The van der Waals surface area contributed by atoms with Gasteiger partial charge in [-0.05, 0) is 11.8 Å². The van der Waals surface area contributed by atoms with Crippen molar-refractivity contribution in [1.82, 2.24) is 0 Å². The molecule has 0 aliphatic carbocycles. The highest BCUT2D eigenvalue weighted by Gasteiger charge is 2.43. The van der Waals surface area contributed by atoms with E-state index < -0.39 is 37.3 Å². The number of hydrogen-bond acceptors (Lipinski definition) is 8. The lowest BCUT2D eigenvalue weighted by molar-refractivity contribution is -0.302. The van der Waals surface area contributed by atoms with Crippen molar-refractivity contribution in [3.05, 3.63) is 0 Å². The molecule has 0 amide bonds. The van der Waals surface area contributed by atoms with Gasteiger partial charge in [0, 0.05) is 6.61 Å². The molecule has 144 valence electrons. The Bertz CT molecular complexity index is 331. The Labute approximate surface area is 143 Å². The van der Waals surface area contributed by atoms with Gasteiger partial charge in [0.1, 0.15) is 24.4 Å². The third-order valence-corrected chi connectivity index (χ3v) is 3.73. The van der Waals surface area contributed by atoms with Crippen molar-refractivity contribution < 1.29 is 39.4 Å². The maximum Gasteiger partial charge on any atom is 0.186 e. The minimum Gasteiger partial charge on any atom is -0.394 e. The molecule has 1 heterocycles. The fourth-order valence-electron chi connectivity index (χ4n) is 2.13. The van der Waals surface area contributed by atoms with Crippen LogP contribution in [0.3, 0.4) is 0 Å². The zero-order valence-electron chi connectivity index (χ0n) is 14.8. The summed E-state index contributed by atoms with van der Waals surface area (Å²) in [5, 5.41) is 38.1. The highest BCUT2D eigenvalue weighted by molar-refractivity contribution is 4.88. The molecule has 0 aromatic heterocycles. The molecule has 0 aromatic carbocycles. The van der Waals surface area contributed by atoms with Crippen LogP contribution >= 0.6 is 0 Å². The summed E-state index contributed by atoms with van der Waals surface area (Å²) in [6.07, 6.45) is -5.31. The molecule has 1 aliphatic rings. The van der Waals surface area contributed by atoms with Crippen LogP contribution in [0.1, 0.15) is 27.2 Å². The van der Waals surface area contributed by atoms with Crippen LogP contribution < -0.4 is 0 Å². The topological polar surface area (TPSA) is 118 Å². The SMILES string of the molecule is CC(C)(C)CCOCCOCCO[C@H]1O[C@H](CO)[C@@H](O)[C@H](O)[C@@H]1O. The summed E-state index contributed by atoms with van der Waals surface area (Å²) in [6.45, 7) is 8.03. The van der Waals surface area contributed by atoms with E-state index in [4.69, 9.17) is 24.1 Å². The van der Waals surface area contributed by atoms with Crippen LogP contribution in [0, 0.1) is 5.41 Å². The smallest absolute Gasteiger partial charge is 0.186 e. The molecule has 8 heteroatoms. The Morgan fingerprint density at radius 2 is 1.42 bits per heavy atom. The summed E-state index contributed by atoms with van der Waals surface area (Å²) < 4.78 is 21.3. The molecule has 1 rings (SSSR count). The third kappa shape index (κ3) is 7.71. The van der Waals surface area contributed by atoms with Crippen LogP contribution in [-0.4, -0.2) is 90.8 Å². The molecule has 1 aliphatic heterocycles. The second-order valence-corrected chi connectivity index (χ2v) is 7.10. The Hall–Kier alpha value is -0.320. The maximum atomic E-state index is 9.78. The largest absolute Gasteiger partial charge is 0.394 e. The standard InChI is InChI=1S/C16H32O8/c1-16(2,3)4-5-21-6-7-22-8-9-23-15-14(20)13(19)12(18)11(10-17)24-15/h11-15,17-20H,4-10H2,1-3H3/t11-,12-,13+,14+,15+/m1/s1. The summed E-state index contributed by atoms with van der Waals surface area (Å²) >= 11 is 0. The van der Waals surface area contributed by atoms with Crippen LogP contribution in [0.2, 0.25) is 0 Å². The van der Waals surface area contributed by atoms with Crippen molar-refractivity contribution in [2.24, 2.45) is 5.41 Å². The molecular weight excluding hydrogens is 320 g/mol. The summed E-state index contributed by atoms with van der Waals surface area (Å²) in [6, 6.07) is 0. The third-order valence-electron chi connectivity index (χ3n) is 3.73. The number of hydrogen-bond donors (Lipinski definition) is 4. The number of aliphatic hydroxyl groups is 4. The lowest BCUT2D eigenvalue weighted by Crippen LogP contribution is -2.59. The Morgan fingerprint density at radius 3 is 2.00 bits per heavy atom. The summed E-state index contributed by atoms with van der Waals surface area (Å²) in [7, 11) is 0. The highest BCUT2D eigenvalue weighted by Crippen LogP contribution is 2.21. The average molecular weight is 352 g/mol. The first kappa shape index (κ1) is 21.7. The van der Waals surface area contributed by atoms with Crippen molar-refractivity contribution in [1.29, 1.82) is 0 Å². The van der Waals surface area contributed by atoms with Gasteiger partial charge < -0.3 is 39.4 Å². The van der Waals surface area contributed by atoms with Crippen molar-refractivity contribution >= 4 is 0 Å². The zero-order valence-corrected chi connectivity index (χ0v) is 14.8. The average Bonchev–Trinajstić information content (AvgIpc) is 2.52. The number of aliphatic hydroxyl groups excluding tert-OH is 4. The lowest BCUT2D eigenvalue weighted by atomic mass is 9.93. The predicted octanol–water partition coefficient (Wildman–Crippen LogP) is -0.728. The van der Waals surface area contributed by atoms with Crippen LogP contribution in [0.4, 0.5) is 0 Å². The van der Waals surface area contributed by atoms with Gasteiger partial charge in [-0.2, -0.15) is 0 Å². The first-order valence-corrected chi connectivity index (χ1v) is 8.34. The van der Waals surface area contributed by atoms with Crippen molar-refractivity contribution in [2.75, 3.05) is 39.6 Å². The molecule has 0 unspecified atom stereocenters. The first-order valence-electron chi connectivity index (χ1n) is 8.34. The Morgan fingerprint density at radius 1 is 0.833 bits per heavy atom. The first-order chi connectivity index (χ1) is 11.3. The van der Waals surface area contributed by atoms with Gasteiger partial charge in [-0.1, -0.05) is 20.8 Å². The van der Waals surface area contributed by atoms with Gasteiger partial charge in [-0.25, -0.2) is 0 Å². The molecular formula is C16H32O8. The van der Waals surface area contributed by atoms with Crippen molar-refractivity contribution in [2.45, 2.75) is 57.9 Å². The normalized spacial score (nSPS) is 31.4.